The standard InChI is InChI=1S/2C14H14O3.Na/c2*1-9(14(15)16)10-3-4-12-8-13(17-2)6-5-11(12)7-10;/h2*3-9H,1-2H3,(H,15,16);/q;;+1/p-1/t2*9-;/m00./s1. The minimum Gasteiger partial charge on any atom is -0.550 e. The van der Waals surface area contributed by atoms with E-state index in [1.54, 1.807) is 28.1 Å². The maximum Gasteiger partial charge on any atom is 1.00 e. The predicted octanol–water partition coefficient (Wildman–Crippen LogP) is 1.74. The summed E-state index contributed by atoms with van der Waals surface area (Å²) in [5.74, 6) is -1.35. The average molecular weight is 483 g/mol. The van der Waals surface area contributed by atoms with Crippen LogP contribution in [0.25, 0.3) is 21.5 Å². The molecule has 6 nitrogen and oxygen atoms in total. The molecule has 0 aliphatic rings. The number of fused-ring (bicyclic) bond motifs is 2. The summed E-state index contributed by atoms with van der Waals surface area (Å²) in [5.41, 5.74) is 1.57. The molecule has 0 saturated carbocycles. The molecule has 0 aromatic heterocycles. The van der Waals surface area contributed by atoms with E-state index in [1.807, 2.05) is 72.8 Å². The van der Waals surface area contributed by atoms with Gasteiger partial charge in [-0.15, -0.1) is 0 Å². The van der Waals surface area contributed by atoms with Gasteiger partial charge >= 0.3 is 35.5 Å². The quantitative estimate of drug-likeness (QED) is 0.421. The summed E-state index contributed by atoms with van der Waals surface area (Å²) in [6, 6.07) is 22.7. The number of aliphatic carboxylic acids is 2. The SMILES string of the molecule is COc1ccc2cc([C@H](C)C(=O)O)ccc2c1.COc1ccc2cc([C@H](C)C(=O)[O-])ccc2c1.[Na+]. The van der Waals surface area contributed by atoms with E-state index in [-0.39, 0.29) is 29.6 Å². The van der Waals surface area contributed by atoms with Gasteiger partial charge in [0.05, 0.1) is 20.1 Å². The zero-order valence-electron chi connectivity index (χ0n) is 20.6. The Hall–Kier alpha value is -3.06. The Balaban J connectivity index is 0.000000240. The van der Waals surface area contributed by atoms with Gasteiger partial charge in [-0.25, -0.2) is 0 Å². The molecule has 2 atom stereocenters. The first-order valence-corrected chi connectivity index (χ1v) is 10.8. The maximum atomic E-state index is 10.9. The number of carbonyl (C=O) groups excluding carboxylic acids is 1. The zero-order valence-corrected chi connectivity index (χ0v) is 22.6. The largest absolute Gasteiger partial charge is 1.00 e. The van der Waals surface area contributed by atoms with E-state index in [9.17, 15) is 14.7 Å². The third-order valence-corrected chi connectivity index (χ3v) is 5.87. The molecule has 0 radical (unpaired) electrons. The fraction of sp³-hybridized carbons (Fsp3) is 0.214. The Morgan fingerprint density at radius 3 is 1.43 bits per heavy atom. The maximum absolute atomic E-state index is 10.9. The van der Waals surface area contributed by atoms with E-state index in [4.69, 9.17) is 14.6 Å². The Bertz CT molecular complexity index is 1230. The van der Waals surface area contributed by atoms with E-state index < -0.39 is 23.8 Å². The van der Waals surface area contributed by atoms with Crippen LogP contribution in [0.5, 0.6) is 11.5 Å². The van der Waals surface area contributed by atoms with Gasteiger partial charge in [-0.1, -0.05) is 55.5 Å². The van der Waals surface area contributed by atoms with Gasteiger partial charge in [0.15, 0.2) is 0 Å². The number of methoxy groups -OCH3 is 2. The van der Waals surface area contributed by atoms with Crippen molar-refractivity contribution < 1.29 is 58.8 Å². The minimum absolute atomic E-state index is 0. The molecule has 0 amide bonds. The van der Waals surface area contributed by atoms with Crippen LogP contribution >= 0.6 is 0 Å². The molecule has 4 aromatic carbocycles. The van der Waals surface area contributed by atoms with Crippen LogP contribution in [-0.2, 0) is 9.59 Å². The molecule has 176 valence electrons. The fourth-order valence-corrected chi connectivity index (χ4v) is 3.56. The Morgan fingerprint density at radius 2 is 1.06 bits per heavy atom. The van der Waals surface area contributed by atoms with Crippen LogP contribution < -0.4 is 44.1 Å². The van der Waals surface area contributed by atoms with Gasteiger partial charge in [0, 0.05) is 11.9 Å². The number of carboxylic acid groups (broad SMARTS) is 2. The molecule has 0 fully saturated rings. The summed E-state index contributed by atoms with van der Waals surface area (Å²) in [6.45, 7) is 3.31. The van der Waals surface area contributed by atoms with Crippen LogP contribution in [0.3, 0.4) is 0 Å². The van der Waals surface area contributed by atoms with Crippen molar-refractivity contribution in [1.82, 2.24) is 0 Å². The van der Waals surface area contributed by atoms with Crippen molar-refractivity contribution in [3.63, 3.8) is 0 Å². The molecule has 0 heterocycles. The number of carboxylic acids is 2. The second-order valence-corrected chi connectivity index (χ2v) is 8.05. The zero-order chi connectivity index (χ0) is 24.8. The minimum atomic E-state index is -1.06. The first-order chi connectivity index (χ1) is 16.2. The predicted molar refractivity (Wildman–Crippen MR) is 130 cm³/mol. The molecule has 35 heavy (non-hydrogen) atoms. The molecule has 0 aliphatic heterocycles. The molecule has 0 bridgehead atoms. The van der Waals surface area contributed by atoms with Crippen molar-refractivity contribution >= 4 is 33.5 Å². The van der Waals surface area contributed by atoms with E-state index in [1.165, 1.54) is 0 Å². The normalized spacial score (nSPS) is 12.0. The van der Waals surface area contributed by atoms with Gasteiger partial charge in [0.1, 0.15) is 11.5 Å². The first-order valence-electron chi connectivity index (χ1n) is 10.8. The summed E-state index contributed by atoms with van der Waals surface area (Å²) in [5, 5.41) is 23.9. The van der Waals surface area contributed by atoms with Gasteiger partial charge < -0.3 is 24.5 Å². The van der Waals surface area contributed by atoms with Crippen LogP contribution in [0.1, 0.15) is 36.8 Å². The van der Waals surface area contributed by atoms with Crippen LogP contribution in [0, 0.1) is 0 Å². The van der Waals surface area contributed by atoms with Crippen LogP contribution in [0.15, 0.2) is 72.8 Å². The fourth-order valence-electron chi connectivity index (χ4n) is 3.56. The summed E-state index contributed by atoms with van der Waals surface area (Å²) in [4.78, 5) is 21.7. The number of ether oxygens (including phenoxy) is 2. The summed E-state index contributed by atoms with van der Waals surface area (Å²) in [7, 11) is 3.25. The third kappa shape index (κ3) is 6.98. The molecule has 0 spiro atoms. The number of carbonyl (C=O) groups is 2. The van der Waals surface area contributed by atoms with Crippen molar-refractivity contribution in [2.45, 2.75) is 25.7 Å². The Morgan fingerprint density at radius 1 is 0.686 bits per heavy atom. The number of benzene rings is 4. The molecule has 0 aliphatic carbocycles. The molecule has 1 N–H and O–H groups in total. The Kier molecular flexibility index (Phi) is 10.1. The number of hydrogen-bond donors (Lipinski definition) is 1. The molecule has 0 unspecified atom stereocenters. The van der Waals surface area contributed by atoms with E-state index in [2.05, 4.69) is 0 Å². The van der Waals surface area contributed by atoms with Crippen molar-refractivity contribution in [3.8, 4) is 11.5 Å². The van der Waals surface area contributed by atoms with Gasteiger partial charge in [-0.3, -0.25) is 4.79 Å². The summed E-state index contributed by atoms with van der Waals surface area (Å²) in [6.07, 6.45) is 0. The van der Waals surface area contributed by atoms with Gasteiger partial charge in [-0.2, -0.15) is 0 Å². The van der Waals surface area contributed by atoms with Crippen molar-refractivity contribution in [2.24, 2.45) is 0 Å². The Labute approximate surface area is 226 Å². The van der Waals surface area contributed by atoms with E-state index >= 15 is 0 Å². The van der Waals surface area contributed by atoms with Gasteiger partial charge in [-0.05, 0) is 63.9 Å². The average Bonchev–Trinajstić information content (AvgIpc) is 2.86. The second-order valence-electron chi connectivity index (χ2n) is 8.05. The molecule has 0 saturated heterocycles. The topological polar surface area (TPSA) is 95.9 Å². The van der Waals surface area contributed by atoms with E-state index in [0.717, 1.165) is 44.2 Å². The molecule has 7 heteroatoms. The monoisotopic (exact) mass is 482 g/mol. The van der Waals surface area contributed by atoms with Crippen molar-refractivity contribution in [2.75, 3.05) is 14.2 Å². The third-order valence-electron chi connectivity index (χ3n) is 5.87. The second kappa shape index (κ2) is 12.6. The smallest absolute Gasteiger partial charge is 0.550 e. The van der Waals surface area contributed by atoms with Crippen LogP contribution in [-0.4, -0.2) is 31.3 Å². The van der Waals surface area contributed by atoms with Gasteiger partial charge in [0.2, 0.25) is 0 Å². The molecule has 4 rings (SSSR count). The van der Waals surface area contributed by atoms with Gasteiger partial charge in [0.25, 0.3) is 0 Å². The molecule has 4 aromatic rings. The van der Waals surface area contributed by atoms with E-state index in [0.29, 0.717) is 0 Å². The first kappa shape index (κ1) is 28.2. The van der Waals surface area contributed by atoms with Crippen LogP contribution in [0.4, 0.5) is 0 Å². The number of rotatable bonds is 6. The molecular weight excluding hydrogens is 455 g/mol. The van der Waals surface area contributed by atoms with Crippen LogP contribution in [0.2, 0.25) is 0 Å². The van der Waals surface area contributed by atoms with Crippen molar-refractivity contribution in [3.05, 3.63) is 83.9 Å². The molecular formula is C28H27NaO6. The summed E-state index contributed by atoms with van der Waals surface area (Å²) < 4.78 is 10.3. The van der Waals surface area contributed by atoms with Crippen molar-refractivity contribution in [1.29, 1.82) is 0 Å². The summed E-state index contributed by atoms with van der Waals surface area (Å²) >= 11 is 0. The number of hydrogen-bond acceptors (Lipinski definition) is 5.